The molecule has 0 unspecified atom stereocenters. The maximum atomic E-state index is 13.3. The van der Waals surface area contributed by atoms with E-state index in [0.717, 1.165) is 27.2 Å². The van der Waals surface area contributed by atoms with Crippen LogP contribution < -0.4 is 10.1 Å². The Hall–Kier alpha value is -0.910. The average Bonchev–Trinajstić information content (AvgIpc) is 2.81. The fourth-order valence-electron chi connectivity index (χ4n) is 1.67. The van der Waals surface area contributed by atoms with Crippen molar-refractivity contribution in [3.63, 3.8) is 0 Å². The second-order valence-corrected chi connectivity index (χ2v) is 5.96. The summed E-state index contributed by atoms with van der Waals surface area (Å²) in [5.41, 5.74) is 0.845. The van der Waals surface area contributed by atoms with E-state index in [9.17, 15) is 4.39 Å². The molecule has 0 aliphatic heterocycles. The van der Waals surface area contributed by atoms with Gasteiger partial charge in [0.05, 0.1) is 0 Å². The zero-order chi connectivity index (χ0) is 13.7. The molecule has 2 rings (SSSR count). The minimum atomic E-state index is -0.237. The van der Waals surface area contributed by atoms with Gasteiger partial charge in [0.1, 0.15) is 18.2 Å². The SMILES string of the molecule is CCNCc1cc(F)ccc1OCc1cc(Br)cs1. The molecule has 1 N–H and O–H groups in total. The second-order valence-electron chi connectivity index (χ2n) is 4.05. The van der Waals surface area contributed by atoms with E-state index in [1.54, 1.807) is 17.4 Å². The Morgan fingerprint density at radius 3 is 2.89 bits per heavy atom. The fraction of sp³-hybridized carbons (Fsp3) is 0.286. The van der Waals surface area contributed by atoms with Crippen molar-refractivity contribution in [2.24, 2.45) is 0 Å². The molecule has 0 amide bonds. The Labute approximate surface area is 124 Å². The largest absolute Gasteiger partial charge is 0.488 e. The van der Waals surface area contributed by atoms with E-state index >= 15 is 0 Å². The van der Waals surface area contributed by atoms with Crippen LogP contribution >= 0.6 is 27.3 Å². The predicted octanol–water partition coefficient (Wildman–Crippen LogP) is 4.34. The van der Waals surface area contributed by atoms with Gasteiger partial charge in [0, 0.05) is 26.8 Å². The summed E-state index contributed by atoms with van der Waals surface area (Å²) in [6.07, 6.45) is 0. The third kappa shape index (κ3) is 4.30. The second kappa shape index (κ2) is 7.03. The van der Waals surface area contributed by atoms with Crippen LogP contribution in [0, 0.1) is 5.82 Å². The lowest BCUT2D eigenvalue weighted by Gasteiger charge is -2.11. The van der Waals surface area contributed by atoms with Crippen molar-refractivity contribution in [2.75, 3.05) is 6.54 Å². The van der Waals surface area contributed by atoms with Crippen molar-refractivity contribution in [3.05, 3.63) is 50.4 Å². The van der Waals surface area contributed by atoms with Gasteiger partial charge in [0.25, 0.3) is 0 Å². The summed E-state index contributed by atoms with van der Waals surface area (Å²) in [4.78, 5) is 1.13. The molecule has 0 atom stereocenters. The van der Waals surface area contributed by atoms with E-state index in [2.05, 4.69) is 21.2 Å². The third-order valence-corrected chi connectivity index (χ3v) is 4.25. The zero-order valence-corrected chi connectivity index (χ0v) is 13.0. The Bertz CT molecular complexity index is 544. The molecule has 0 saturated carbocycles. The summed E-state index contributed by atoms with van der Waals surface area (Å²) in [5.74, 6) is 0.492. The van der Waals surface area contributed by atoms with Gasteiger partial charge in [0.2, 0.25) is 0 Å². The number of benzene rings is 1. The molecular weight excluding hydrogens is 329 g/mol. The van der Waals surface area contributed by atoms with Crippen molar-refractivity contribution >= 4 is 27.3 Å². The highest BCUT2D eigenvalue weighted by molar-refractivity contribution is 9.10. The van der Waals surface area contributed by atoms with Gasteiger partial charge in [-0.05, 0) is 46.7 Å². The monoisotopic (exact) mass is 343 g/mol. The molecule has 0 fully saturated rings. The highest BCUT2D eigenvalue weighted by Gasteiger charge is 2.06. The number of ether oxygens (including phenoxy) is 1. The molecule has 0 saturated heterocycles. The molecule has 2 nitrogen and oxygen atoms in total. The molecule has 0 bridgehead atoms. The van der Waals surface area contributed by atoms with Crippen molar-refractivity contribution in [3.8, 4) is 5.75 Å². The first-order valence-corrected chi connectivity index (χ1v) is 7.71. The lowest BCUT2D eigenvalue weighted by molar-refractivity contribution is 0.305. The first-order chi connectivity index (χ1) is 9.19. The molecule has 0 aliphatic rings. The van der Waals surface area contributed by atoms with Gasteiger partial charge in [-0.2, -0.15) is 0 Å². The van der Waals surface area contributed by atoms with Crippen LogP contribution in [0.25, 0.3) is 0 Å². The van der Waals surface area contributed by atoms with E-state index in [1.165, 1.54) is 12.1 Å². The summed E-state index contributed by atoms with van der Waals surface area (Å²) in [6.45, 7) is 3.97. The van der Waals surface area contributed by atoms with E-state index in [0.29, 0.717) is 13.2 Å². The number of halogens is 2. The molecule has 0 spiro atoms. The summed E-state index contributed by atoms with van der Waals surface area (Å²) in [7, 11) is 0. The Kier molecular flexibility index (Phi) is 5.36. The van der Waals surface area contributed by atoms with Gasteiger partial charge in [-0.3, -0.25) is 0 Å². The Balaban J connectivity index is 2.05. The normalized spacial score (nSPS) is 10.7. The topological polar surface area (TPSA) is 21.3 Å². The predicted molar refractivity (Wildman–Crippen MR) is 80.1 cm³/mol. The number of hydrogen-bond donors (Lipinski definition) is 1. The summed E-state index contributed by atoms with van der Waals surface area (Å²) < 4.78 is 20.1. The summed E-state index contributed by atoms with van der Waals surface area (Å²) in [5, 5.41) is 5.20. The van der Waals surface area contributed by atoms with Crippen LogP contribution in [0.2, 0.25) is 0 Å². The van der Waals surface area contributed by atoms with E-state index < -0.39 is 0 Å². The van der Waals surface area contributed by atoms with Crippen LogP contribution in [0.15, 0.2) is 34.1 Å². The van der Waals surface area contributed by atoms with Gasteiger partial charge in [-0.15, -0.1) is 11.3 Å². The maximum Gasteiger partial charge on any atom is 0.124 e. The smallest absolute Gasteiger partial charge is 0.124 e. The Morgan fingerprint density at radius 2 is 2.21 bits per heavy atom. The van der Waals surface area contributed by atoms with Crippen LogP contribution in [-0.2, 0) is 13.2 Å². The van der Waals surface area contributed by atoms with Crippen molar-refractivity contribution in [1.82, 2.24) is 5.32 Å². The maximum absolute atomic E-state index is 13.3. The van der Waals surface area contributed by atoms with Gasteiger partial charge >= 0.3 is 0 Å². The molecule has 1 aromatic heterocycles. The van der Waals surface area contributed by atoms with Gasteiger partial charge in [-0.1, -0.05) is 6.92 Å². The molecule has 0 aliphatic carbocycles. The first-order valence-electron chi connectivity index (χ1n) is 6.04. The lowest BCUT2D eigenvalue weighted by Crippen LogP contribution is -2.13. The van der Waals surface area contributed by atoms with E-state index in [1.807, 2.05) is 18.4 Å². The standard InChI is InChI=1S/C14H15BrFNOS/c1-2-17-7-10-5-12(16)3-4-14(10)18-8-13-6-11(15)9-19-13/h3-6,9,17H,2,7-8H2,1H3. The van der Waals surface area contributed by atoms with Crippen molar-refractivity contribution < 1.29 is 9.13 Å². The lowest BCUT2D eigenvalue weighted by atomic mass is 10.2. The molecule has 1 aromatic carbocycles. The molecule has 2 aromatic rings. The van der Waals surface area contributed by atoms with Crippen molar-refractivity contribution in [1.29, 1.82) is 0 Å². The molecular formula is C14H15BrFNOS. The van der Waals surface area contributed by atoms with Crippen molar-refractivity contribution in [2.45, 2.75) is 20.1 Å². The van der Waals surface area contributed by atoms with Crippen LogP contribution in [0.5, 0.6) is 5.75 Å². The number of nitrogens with one attached hydrogen (secondary N) is 1. The highest BCUT2D eigenvalue weighted by Crippen LogP contribution is 2.24. The Morgan fingerprint density at radius 1 is 1.37 bits per heavy atom. The summed E-state index contributed by atoms with van der Waals surface area (Å²) in [6, 6.07) is 6.65. The minimum absolute atomic E-state index is 0.237. The summed E-state index contributed by atoms with van der Waals surface area (Å²) >= 11 is 5.05. The van der Waals surface area contributed by atoms with E-state index in [-0.39, 0.29) is 5.82 Å². The average molecular weight is 344 g/mol. The highest BCUT2D eigenvalue weighted by atomic mass is 79.9. The molecule has 0 radical (unpaired) electrons. The van der Waals surface area contributed by atoms with Gasteiger partial charge in [-0.25, -0.2) is 4.39 Å². The van der Waals surface area contributed by atoms with Crippen LogP contribution in [0.1, 0.15) is 17.4 Å². The number of hydrogen-bond acceptors (Lipinski definition) is 3. The molecule has 5 heteroatoms. The van der Waals surface area contributed by atoms with Crippen LogP contribution in [0.4, 0.5) is 4.39 Å². The molecule has 102 valence electrons. The number of thiophene rings is 1. The first kappa shape index (κ1) is 14.5. The van der Waals surface area contributed by atoms with Crippen LogP contribution in [-0.4, -0.2) is 6.54 Å². The van der Waals surface area contributed by atoms with Gasteiger partial charge in [0.15, 0.2) is 0 Å². The van der Waals surface area contributed by atoms with Gasteiger partial charge < -0.3 is 10.1 Å². The number of rotatable bonds is 6. The van der Waals surface area contributed by atoms with Crippen LogP contribution in [0.3, 0.4) is 0 Å². The minimum Gasteiger partial charge on any atom is -0.488 e. The fourth-order valence-corrected chi connectivity index (χ4v) is 3.03. The third-order valence-electron chi connectivity index (χ3n) is 2.58. The zero-order valence-electron chi connectivity index (χ0n) is 10.6. The molecule has 19 heavy (non-hydrogen) atoms. The molecule has 1 heterocycles. The quantitative estimate of drug-likeness (QED) is 0.842. The van der Waals surface area contributed by atoms with E-state index in [4.69, 9.17) is 4.74 Å².